The molecule has 0 radical (unpaired) electrons. The van der Waals surface area contributed by atoms with Crippen molar-refractivity contribution in [1.82, 2.24) is 10.5 Å². The van der Waals surface area contributed by atoms with E-state index in [1.165, 1.54) is 11.3 Å². The molecule has 2 aromatic heterocycles. The number of nitrogens with zero attached hydrogens (tertiary/aromatic N) is 1. The van der Waals surface area contributed by atoms with E-state index in [0.717, 1.165) is 21.4 Å². The van der Waals surface area contributed by atoms with Gasteiger partial charge in [-0.05, 0) is 25.5 Å². The topological polar surface area (TPSA) is 38.1 Å². The molecule has 0 fully saturated rings. The third-order valence-electron chi connectivity index (χ3n) is 2.42. The van der Waals surface area contributed by atoms with Crippen molar-refractivity contribution in [1.29, 1.82) is 0 Å². The highest BCUT2D eigenvalue weighted by molar-refractivity contribution is 7.20. The van der Waals surface area contributed by atoms with Crippen LogP contribution in [0.15, 0.2) is 16.7 Å². The second-order valence-corrected chi connectivity index (χ2v) is 6.10. The lowest BCUT2D eigenvalue weighted by Gasteiger charge is -2.11. The maximum absolute atomic E-state index is 6.09. The molecule has 1 unspecified atom stereocenters. The molecule has 2 rings (SSSR count). The standard InChI is InChI=1S/C11H12Cl2N2OS/c1-6-3-8(15-16-6)5-14-7(2)9-4-10(12)17-11(9)13/h3-4,7,14H,5H2,1-2H3. The first-order chi connectivity index (χ1) is 8.06. The molecular formula is C11H12Cl2N2OS. The van der Waals surface area contributed by atoms with Gasteiger partial charge in [-0.3, -0.25) is 0 Å². The van der Waals surface area contributed by atoms with Crippen LogP contribution in [-0.2, 0) is 6.54 Å². The monoisotopic (exact) mass is 290 g/mol. The van der Waals surface area contributed by atoms with Gasteiger partial charge in [-0.1, -0.05) is 28.4 Å². The molecule has 0 bridgehead atoms. The zero-order chi connectivity index (χ0) is 12.4. The summed E-state index contributed by atoms with van der Waals surface area (Å²) in [4.78, 5) is 0. The molecule has 6 heteroatoms. The van der Waals surface area contributed by atoms with Crippen molar-refractivity contribution in [2.24, 2.45) is 0 Å². The predicted octanol–water partition coefficient (Wildman–Crippen LogP) is 4.20. The number of thiophene rings is 1. The Balaban J connectivity index is 1.97. The van der Waals surface area contributed by atoms with Crippen LogP contribution in [0.25, 0.3) is 0 Å². The van der Waals surface area contributed by atoms with Crippen LogP contribution in [0.1, 0.15) is 30.0 Å². The van der Waals surface area contributed by atoms with Crippen LogP contribution in [0.3, 0.4) is 0 Å². The van der Waals surface area contributed by atoms with E-state index in [-0.39, 0.29) is 6.04 Å². The summed E-state index contributed by atoms with van der Waals surface area (Å²) in [6.07, 6.45) is 0. The first kappa shape index (κ1) is 12.9. The van der Waals surface area contributed by atoms with E-state index in [2.05, 4.69) is 10.5 Å². The van der Waals surface area contributed by atoms with Crippen LogP contribution in [0, 0.1) is 6.92 Å². The summed E-state index contributed by atoms with van der Waals surface area (Å²) in [6, 6.07) is 3.92. The predicted molar refractivity (Wildman–Crippen MR) is 70.8 cm³/mol. The first-order valence-electron chi connectivity index (χ1n) is 5.16. The highest BCUT2D eigenvalue weighted by Crippen LogP contribution is 2.34. The number of hydrogen-bond donors (Lipinski definition) is 1. The van der Waals surface area contributed by atoms with Gasteiger partial charge >= 0.3 is 0 Å². The Morgan fingerprint density at radius 1 is 1.47 bits per heavy atom. The van der Waals surface area contributed by atoms with Gasteiger partial charge in [0.1, 0.15) is 5.76 Å². The Hall–Kier alpha value is -0.550. The van der Waals surface area contributed by atoms with Crippen LogP contribution < -0.4 is 5.32 Å². The summed E-state index contributed by atoms with van der Waals surface area (Å²) < 4.78 is 6.43. The molecule has 0 spiro atoms. The quantitative estimate of drug-likeness (QED) is 0.917. The second-order valence-electron chi connectivity index (χ2n) is 3.81. The molecule has 0 aromatic carbocycles. The Morgan fingerprint density at radius 3 is 2.76 bits per heavy atom. The van der Waals surface area contributed by atoms with E-state index in [4.69, 9.17) is 27.7 Å². The minimum Gasteiger partial charge on any atom is -0.361 e. The van der Waals surface area contributed by atoms with Crippen molar-refractivity contribution in [2.45, 2.75) is 26.4 Å². The Labute approximate surface area is 114 Å². The Kier molecular flexibility index (Phi) is 4.09. The van der Waals surface area contributed by atoms with Gasteiger partial charge in [-0.15, -0.1) is 11.3 Å². The van der Waals surface area contributed by atoms with Gasteiger partial charge in [0.05, 0.1) is 14.4 Å². The van der Waals surface area contributed by atoms with Crippen molar-refractivity contribution in [3.63, 3.8) is 0 Å². The van der Waals surface area contributed by atoms with Crippen molar-refractivity contribution in [3.05, 3.63) is 37.8 Å². The summed E-state index contributed by atoms with van der Waals surface area (Å²) in [7, 11) is 0. The lowest BCUT2D eigenvalue weighted by Crippen LogP contribution is -2.17. The van der Waals surface area contributed by atoms with Crippen LogP contribution in [0.4, 0.5) is 0 Å². The van der Waals surface area contributed by atoms with Crippen LogP contribution in [-0.4, -0.2) is 5.16 Å². The average molecular weight is 291 g/mol. The maximum atomic E-state index is 6.09. The highest BCUT2D eigenvalue weighted by Gasteiger charge is 2.13. The van der Waals surface area contributed by atoms with Gasteiger partial charge in [0.15, 0.2) is 0 Å². The van der Waals surface area contributed by atoms with Crippen molar-refractivity contribution >= 4 is 34.5 Å². The van der Waals surface area contributed by atoms with Crippen LogP contribution in [0.2, 0.25) is 8.67 Å². The third-order valence-corrected chi connectivity index (χ3v) is 3.93. The number of rotatable bonds is 4. The van der Waals surface area contributed by atoms with Gasteiger partial charge in [-0.2, -0.15) is 0 Å². The summed E-state index contributed by atoms with van der Waals surface area (Å²) in [6.45, 7) is 4.55. The van der Waals surface area contributed by atoms with Crippen molar-refractivity contribution in [2.75, 3.05) is 0 Å². The summed E-state index contributed by atoms with van der Waals surface area (Å²) in [5.74, 6) is 0.811. The number of nitrogens with one attached hydrogen (secondary N) is 1. The van der Waals surface area contributed by atoms with Gasteiger partial charge in [0, 0.05) is 18.7 Å². The highest BCUT2D eigenvalue weighted by atomic mass is 35.5. The molecule has 0 saturated heterocycles. The van der Waals surface area contributed by atoms with E-state index in [1.807, 2.05) is 26.0 Å². The van der Waals surface area contributed by atoms with Gasteiger partial charge in [-0.25, -0.2) is 0 Å². The van der Waals surface area contributed by atoms with E-state index >= 15 is 0 Å². The molecule has 0 aliphatic carbocycles. The van der Waals surface area contributed by atoms with Crippen LogP contribution in [0.5, 0.6) is 0 Å². The van der Waals surface area contributed by atoms with Crippen molar-refractivity contribution < 1.29 is 4.52 Å². The second kappa shape index (κ2) is 5.40. The molecule has 0 amide bonds. The summed E-state index contributed by atoms with van der Waals surface area (Å²) in [5, 5.41) is 7.24. The van der Waals surface area contributed by atoms with E-state index in [9.17, 15) is 0 Å². The zero-order valence-corrected chi connectivity index (χ0v) is 11.8. The summed E-state index contributed by atoms with van der Waals surface area (Å²) >= 11 is 13.4. The van der Waals surface area contributed by atoms with Crippen molar-refractivity contribution in [3.8, 4) is 0 Å². The third kappa shape index (κ3) is 3.22. The molecular weight excluding hydrogens is 279 g/mol. The number of aryl methyl sites for hydroxylation is 1. The smallest absolute Gasteiger partial charge is 0.133 e. The first-order valence-corrected chi connectivity index (χ1v) is 6.74. The van der Waals surface area contributed by atoms with E-state index in [1.54, 1.807) is 0 Å². The summed E-state index contributed by atoms with van der Waals surface area (Å²) in [5.41, 5.74) is 1.90. The molecule has 92 valence electrons. The maximum Gasteiger partial charge on any atom is 0.133 e. The lowest BCUT2D eigenvalue weighted by atomic mass is 10.2. The Bertz CT molecular complexity index is 509. The Morgan fingerprint density at radius 2 is 2.24 bits per heavy atom. The van der Waals surface area contributed by atoms with Gasteiger partial charge in [0.2, 0.25) is 0 Å². The fourth-order valence-corrected chi connectivity index (χ4v) is 3.16. The lowest BCUT2D eigenvalue weighted by molar-refractivity contribution is 0.386. The minimum absolute atomic E-state index is 0.128. The minimum atomic E-state index is 0.128. The molecule has 1 atom stereocenters. The molecule has 0 aliphatic heterocycles. The molecule has 1 N–H and O–H groups in total. The largest absolute Gasteiger partial charge is 0.361 e. The molecule has 17 heavy (non-hydrogen) atoms. The molecule has 0 saturated carbocycles. The zero-order valence-electron chi connectivity index (χ0n) is 9.46. The van der Waals surface area contributed by atoms with E-state index < -0.39 is 0 Å². The molecule has 2 heterocycles. The van der Waals surface area contributed by atoms with Gasteiger partial charge < -0.3 is 9.84 Å². The number of hydrogen-bond acceptors (Lipinski definition) is 4. The SMILES string of the molecule is Cc1cc(CNC(C)c2cc(Cl)sc2Cl)no1. The molecule has 3 nitrogen and oxygen atoms in total. The molecule has 0 aliphatic rings. The number of aromatic nitrogens is 1. The number of halogens is 2. The fraction of sp³-hybridized carbons (Fsp3) is 0.364. The van der Waals surface area contributed by atoms with Crippen LogP contribution >= 0.6 is 34.5 Å². The fourth-order valence-electron chi connectivity index (χ4n) is 1.52. The average Bonchev–Trinajstić information content (AvgIpc) is 2.81. The van der Waals surface area contributed by atoms with E-state index in [0.29, 0.717) is 10.9 Å². The van der Waals surface area contributed by atoms with Gasteiger partial charge in [0.25, 0.3) is 0 Å². The molecule has 2 aromatic rings. The normalized spacial score (nSPS) is 12.9.